The lowest BCUT2D eigenvalue weighted by molar-refractivity contribution is -0.0737. The molecule has 0 heterocycles. The summed E-state index contributed by atoms with van der Waals surface area (Å²) in [6.45, 7) is 9.22. The average molecular weight is 280 g/mol. The monoisotopic (exact) mass is 280 g/mol. The fourth-order valence-electron chi connectivity index (χ4n) is 5.73. The lowest BCUT2D eigenvalue weighted by Gasteiger charge is -2.55. The highest BCUT2D eigenvalue weighted by Gasteiger charge is 2.49. The second-order valence-electron chi connectivity index (χ2n) is 7.89. The molecule has 1 nitrogen and oxygen atoms in total. The molecule has 6 atom stereocenters. The topological polar surface area (TPSA) is 20.2 Å². The van der Waals surface area contributed by atoms with E-state index in [1.165, 1.54) is 51.4 Å². The summed E-state index contributed by atoms with van der Waals surface area (Å²) in [4.78, 5) is 0. The summed E-state index contributed by atoms with van der Waals surface area (Å²) < 4.78 is 0. The van der Waals surface area contributed by atoms with Crippen LogP contribution >= 0.6 is 0 Å². The molecule has 0 radical (unpaired) electrons. The Morgan fingerprint density at radius 1 is 1.00 bits per heavy atom. The van der Waals surface area contributed by atoms with E-state index in [4.69, 9.17) is 0 Å². The van der Waals surface area contributed by atoms with E-state index in [2.05, 4.69) is 13.8 Å². The predicted octanol–water partition coefficient (Wildman–Crippen LogP) is 5.27. The largest absolute Gasteiger partial charge is 0.396 e. The molecule has 20 heavy (non-hydrogen) atoms. The molecule has 0 bridgehead atoms. The molecule has 3 saturated carbocycles. The molecule has 0 saturated heterocycles. The molecule has 3 fully saturated rings. The van der Waals surface area contributed by atoms with Crippen LogP contribution in [-0.2, 0) is 0 Å². The number of rotatable bonds is 1. The maximum absolute atomic E-state index is 9.83. The molecule has 0 aromatic rings. The van der Waals surface area contributed by atoms with Crippen molar-refractivity contribution in [3.63, 3.8) is 0 Å². The average Bonchev–Trinajstić information content (AvgIpc) is 2.49. The first-order chi connectivity index (χ1) is 9.64. The van der Waals surface area contributed by atoms with Gasteiger partial charge in [-0.15, -0.1) is 0 Å². The Labute approximate surface area is 126 Å². The molecule has 1 heteroatoms. The van der Waals surface area contributed by atoms with Crippen LogP contribution in [-0.4, -0.2) is 11.7 Å². The fraction of sp³-hybridized carbons (Fsp3) is 1.00. The van der Waals surface area contributed by atoms with Gasteiger partial charge in [0.1, 0.15) is 0 Å². The smallest absolute Gasteiger partial charge is 0.0487 e. The minimum Gasteiger partial charge on any atom is -0.396 e. The van der Waals surface area contributed by atoms with Crippen LogP contribution in [0, 0.1) is 35.0 Å². The SMILES string of the molecule is CC.CC1CCC2C(CCC3C2CCC[C@@]3(C)CO)C1. The van der Waals surface area contributed by atoms with E-state index in [0.29, 0.717) is 6.61 Å². The van der Waals surface area contributed by atoms with Gasteiger partial charge in [0.2, 0.25) is 0 Å². The summed E-state index contributed by atoms with van der Waals surface area (Å²) in [5.41, 5.74) is 0.247. The van der Waals surface area contributed by atoms with E-state index in [9.17, 15) is 5.11 Å². The van der Waals surface area contributed by atoms with Crippen LogP contribution in [0.3, 0.4) is 0 Å². The van der Waals surface area contributed by atoms with Gasteiger partial charge in [0, 0.05) is 6.61 Å². The van der Waals surface area contributed by atoms with Gasteiger partial charge >= 0.3 is 0 Å². The van der Waals surface area contributed by atoms with Crippen LogP contribution in [0.15, 0.2) is 0 Å². The molecule has 5 unspecified atom stereocenters. The molecule has 0 aromatic heterocycles. The Kier molecular flexibility index (Phi) is 5.56. The van der Waals surface area contributed by atoms with Gasteiger partial charge in [-0.3, -0.25) is 0 Å². The zero-order chi connectivity index (χ0) is 14.8. The zero-order valence-corrected chi connectivity index (χ0v) is 14.2. The molecule has 3 aliphatic carbocycles. The molecule has 3 rings (SSSR count). The van der Waals surface area contributed by atoms with Crippen molar-refractivity contribution in [1.29, 1.82) is 0 Å². The highest BCUT2D eigenvalue weighted by atomic mass is 16.3. The third-order valence-corrected chi connectivity index (χ3v) is 6.76. The van der Waals surface area contributed by atoms with Crippen molar-refractivity contribution in [2.45, 2.75) is 79.1 Å². The second kappa shape index (κ2) is 6.81. The van der Waals surface area contributed by atoms with E-state index < -0.39 is 0 Å². The molecule has 0 aliphatic heterocycles. The Bertz CT molecular complexity index is 300. The highest BCUT2D eigenvalue weighted by Crippen LogP contribution is 2.57. The highest BCUT2D eigenvalue weighted by molar-refractivity contribution is 4.99. The minimum absolute atomic E-state index is 0.247. The van der Waals surface area contributed by atoms with Crippen molar-refractivity contribution in [3.05, 3.63) is 0 Å². The Morgan fingerprint density at radius 3 is 2.45 bits per heavy atom. The van der Waals surface area contributed by atoms with Crippen LogP contribution in [0.5, 0.6) is 0 Å². The minimum atomic E-state index is 0.247. The fourth-order valence-corrected chi connectivity index (χ4v) is 5.73. The van der Waals surface area contributed by atoms with Crippen molar-refractivity contribution < 1.29 is 5.11 Å². The summed E-state index contributed by atoms with van der Waals surface area (Å²) in [5.74, 6) is 4.77. The normalized spacial score (nSPS) is 47.5. The van der Waals surface area contributed by atoms with Crippen molar-refractivity contribution in [2.75, 3.05) is 6.61 Å². The zero-order valence-electron chi connectivity index (χ0n) is 14.2. The van der Waals surface area contributed by atoms with Gasteiger partial charge in [-0.2, -0.15) is 0 Å². The number of hydrogen-bond acceptors (Lipinski definition) is 1. The maximum atomic E-state index is 9.83. The number of fused-ring (bicyclic) bond motifs is 3. The van der Waals surface area contributed by atoms with E-state index >= 15 is 0 Å². The Balaban J connectivity index is 0.000000704. The molecule has 0 aromatic carbocycles. The van der Waals surface area contributed by atoms with Crippen molar-refractivity contribution >= 4 is 0 Å². The van der Waals surface area contributed by atoms with Crippen molar-refractivity contribution in [3.8, 4) is 0 Å². The molecule has 118 valence electrons. The molecule has 3 aliphatic rings. The third kappa shape index (κ3) is 2.93. The maximum Gasteiger partial charge on any atom is 0.0487 e. The van der Waals surface area contributed by atoms with E-state index in [-0.39, 0.29) is 5.41 Å². The Hall–Kier alpha value is -0.0400. The first kappa shape index (κ1) is 16.3. The van der Waals surface area contributed by atoms with E-state index in [1.54, 1.807) is 0 Å². The molecule has 0 amide bonds. The molecule has 1 N–H and O–H groups in total. The lowest BCUT2D eigenvalue weighted by atomic mass is 9.51. The standard InChI is InChI=1S/C17H30O.C2H6/c1-12-5-7-14-13(10-12)6-8-16-15(14)4-3-9-17(16,2)11-18;1-2/h12-16,18H,3-11H2,1-2H3;1-2H3/t12?,13?,14?,15?,16?,17-;/m0./s1. The molecular formula is C19H36O. The van der Waals surface area contributed by atoms with Crippen LogP contribution in [0.2, 0.25) is 0 Å². The van der Waals surface area contributed by atoms with Crippen LogP contribution < -0.4 is 0 Å². The molecule has 0 spiro atoms. The first-order valence-electron chi connectivity index (χ1n) is 9.25. The van der Waals surface area contributed by atoms with Gasteiger partial charge in [0.25, 0.3) is 0 Å². The molecular weight excluding hydrogens is 244 g/mol. The van der Waals surface area contributed by atoms with Crippen LogP contribution in [0.25, 0.3) is 0 Å². The van der Waals surface area contributed by atoms with Crippen LogP contribution in [0.1, 0.15) is 79.1 Å². The van der Waals surface area contributed by atoms with Gasteiger partial charge in [0.15, 0.2) is 0 Å². The quantitative estimate of drug-likeness (QED) is 0.693. The summed E-state index contributed by atoms with van der Waals surface area (Å²) in [6, 6.07) is 0. The van der Waals surface area contributed by atoms with Gasteiger partial charge in [-0.25, -0.2) is 0 Å². The second-order valence-corrected chi connectivity index (χ2v) is 7.89. The van der Waals surface area contributed by atoms with Crippen molar-refractivity contribution in [1.82, 2.24) is 0 Å². The van der Waals surface area contributed by atoms with E-state index in [1.807, 2.05) is 13.8 Å². The lowest BCUT2D eigenvalue weighted by Crippen LogP contribution is -2.48. The van der Waals surface area contributed by atoms with E-state index in [0.717, 1.165) is 29.6 Å². The number of hydrogen-bond donors (Lipinski definition) is 1. The Morgan fingerprint density at radius 2 is 1.75 bits per heavy atom. The van der Waals surface area contributed by atoms with Gasteiger partial charge in [0.05, 0.1) is 0 Å². The third-order valence-electron chi connectivity index (χ3n) is 6.76. The number of aliphatic hydroxyl groups is 1. The van der Waals surface area contributed by atoms with Crippen molar-refractivity contribution in [2.24, 2.45) is 35.0 Å². The first-order valence-corrected chi connectivity index (χ1v) is 9.25. The summed E-state index contributed by atoms with van der Waals surface area (Å²) >= 11 is 0. The predicted molar refractivity (Wildman–Crippen MR) is 86.6 cm³/mol. The summed E-state index contributed by atoms with van der Waals surface area (Å²) in [5, 5.41) is 9.83. The van der Waals surface area contributed by atoms with Gasteiger partial charge in [-0.1, -0.05) is 40.5 Å². The van der Waals surface area contributed by atoms with Gasteiger partial charge < -0.3 is 5.11 Å². The summed E-state index contributed by atoms with van der Waals surface area (Å²) in [6.07, 6.45) is 11.4. The van der Waals surface area contributed by atoms with Crippen LogP contribution in [0.4, 0.5) is 0 Å². The summed E-state index contributed by atoms with van der Waals surface area (Å²) in [7, 11) is 0. The number of aliphatic hydroxyl groups excluding tert-OH is 1. The van der Waals surface area contributed by atoms with Gasteiger partial charge in [-0.05, 0) is 73.5 Å².